The highest BCUT2D eigenvalue weighted by atomic mass is 32.1. The third kappa shape index (κ3) is 2.62. The van der Waals surface area contributed by atoms with Crippen molar-refractivity contribution >= 4 is 23.3 Å². The number of thiophene rings is 1. The summed E-state index contributed by atoms with van der Waals surface area (Å²) in [7, 11) is 0. The van der Waals surface area contributed by atoms with Crippen molar-refractivity contribution in [1.29, 1.82) is 0 Å². The van der Waals surface area contributed by atoms with Gasteiger partial charge in [0.15, 0.2) is 5.76 Å². The smallest absolute Gasteiger partial charge is 0.325 e. The summed E-state index contributed by atoms with van der Waals surface area (Å²) in [5.41, 5.74) is 1.16. The van der Waals surface area contributed by atoms with Crippen molar-refractivity contribution in [2.24, 2.45) is 0 Å². The maximum absolute atomic E-state index is 12.8. The number of aromatic nitrogens is 1. The van der Waals surface area contributed by atoms with Gasteiger partial charge in [0.25, 0.3) is 5.91 Å². The van der Waals surface area contributed by atoms with Crippen LogP contribution in [0.4, 0.5) is 4.79 Å². The molecule has 1 aliphatic heterocycles. The summed E-state index contributed by atoms with van der Waals surface area (Å²) in [5.74, 6) is 0.309. The minimum atomic E-state index is -1.04. The van der Waals surface area contributed by atoms with Crippen LogP contribution in [0.15, 0.2) is 57.7 Å². The molecule has 1 aromatic carbocycles. The van der Waals surface area contributed by atoms with Gasteiger partial charge in [-0.15, -0.1) is 0 Å². The average Bonchev–Trinajstić information content (AvgIpc) is 3.34. The first-order valence-corrected chi connectivity index (χ1v) is 8.70. The molecule has 0 aliphatic carbocycles. The molecule has 6 nitrogen and oxygen atoms in total. The highest BCUT2D eigenvalue weighted by molar-refractivity contribution is 7.08. The average molecular weight is 353 g/mol. The fraction of sp³-hybridized carbons (Fsp3) is 0.167. The van der Waals surface area contributed by atoms with Gasteiger partial charge in [0.2, 0.25) is 0 Å². The first-order valence-electron chi connectivity index (χ1n) is 7.76. The highest BCUT2D eigenvalue weighted by Crippen LogP contribution is 2.31. The molecular weight excluding hydrogens is 338 g/mol. The number of benzene rings is 1. The number of imide groups is 1. The zero-order chi connectivity index (χ0) is 17.4. The van der Waals surface area contributed by atoms with Crippen LogP contribution in [0.3, 0.4) is 0 Å². The van der Waals surface area contributed by atoms with Gasteiger partial charge in [0.1, 0.15) is 11.2 Å². The van der Waals surface area contributed by atoms with E-state index in [1.807, 2.05) is 47.2 Å². The van der Waals surface area contributed by atoms with Crippen molar-refractivity contribution < 1.29 is 14.1 Å². The summed E-state index contributed by atoms with van der Waals surface area (Å²) in [6.07, 6.45) is 0. The van der Waals surface area contributed by atoms with E-state index in [1.54, 1.807) is 13.0 Å². The molecule has 1 N–H and O–H groups in total. The van der Waals surface area contributed by atoms with E-state index >= 15 is 0 Å². The van der Waals surface area contributed by atoms with E-state index in [1.165, 1.54) is 16.2 Å². The van der Waals surface area contributed by atoms with Crippen LogP contribution in [0.2, 0.25) is 0 Å². The summed E-state index contributed by atoms with van der Waals surface area (Å²) in [6, 6.07) is 12.7. The van der Waals surface area contributed by atoms with Crippen molar-refractivity contribution in [3.05, 3.63) is 64.5 Å². The second kappa shape index (κ2) is 5.86. The van der Waals surface area contributed by atoms with E-state index in [4.69, 9.17) is 4.52 Å². The lowest BCUT2D eigenvalue weighted by atomic mass is 9.95. The molecule has 3 heterocycles. The van der Waals surface area contributed by atoms with E-state index in [9.17, 15) is 9.59 Å². The lowest BCUT2D eigenvalue weighted by molar-refractivity contribution is -0.131. The number of carbonyl (C=O) groups excluding carboxylic acids is 2. The van der Waals surface area contributed by atoms with Gasteiger partial charge in [0, 0.05) is 11.6 Å². The normalized spacial score (nSPS) is 20.1. The lowest BCUT2D eigenvalue weighted by Gasteiger charge is -2.20. The molecule has 0 spiro atoms. The van der Waals surface area contributed by atoms with Gasteiger partial charge in [-0.05, 0) is 29.3 Å². The van der Waals surface area contributed by atoms with E-state index in [2.05, 4.69) is 10.5 Å². The largest absolute Gasteiger partial charge is 0.356 e. The molecule has 1 fully saturated rings. The summed E-state index contributed by atoms with van der Waals surface area (Å²) in [5, 5.41) is 10.5. The third-order valence-electron chi connectivity index (χ3n) is 4.31. The van der Waals surface area contributed by atoms with Crippen LogP contribution in [-0.2, 0) is 16.9 Å². The molecule has 126 valence electrons. The molecule has 0 bridgehead atoms. The Labute approximate surface area is 148 Å². The molecule has 1 aliphatic rings. The van der Waals surface area contributed by atoms with Crippen LogP contribution >= 0.6 is 11.3 Å². The maximum Gasteiger partial charge on any atom is 0.325 e. The quantitative estimate of drug-likeness (QED) is 0.730. The van der Waals surface area contributed by atoms with Crippen molar-refractivity contribution in [1.82, 2.24) is 15.4 Å². The molecule has 0 radical (unpaired) electrons. The molecule has 7 heteroatoms. The predicted molar refractivity (Wildman–Crippen MR) is 92.7 cm³/mol. The van der Waals surface area contributed by atoms with Gasteiger partial charge < -0.3 is 9.84 Å². The number of nitrogens with one attached hydrogen (secondary N) is 1. The van der Waals surface area contributed by atoms with Crippen LogP contribution in [0.5, 0.6) is 0 Å². The van der Waals surface area contributed by atoms with Gasteiger partial charge in [0.05, 0.1) is 6.54 Å². The Morgan fingerprint density at radius 2 is 2.04 bits per heavy atom. The number of hydrogen-bond donors (Lipinski definition) is 1. The molecule has 1 saturated heterocycles. The first kappa shape index (κ1) is 15.6. The number of amides is 3. The third-order valence-corrected chi connectivity index (χ3v) is 4.99. The standard InChI is InChI=1S/C18H15N3O3S/c1-18(13-7-8-25-11-13)16(22)21(17(23)19-18)10-14-9-15(24-20-14)12-5-3-2-4-6-12/h2-9,11H,10H2,1H3,(H,19,23). The van der Waals surface area contributed by atoms with Crippen molar-refractivity contribution in [2.45, 2.75) is 19.0 Å². The second-order valence-electron chi connectivity index (χ2n) is 6.01. The monoisotopic (exact) mass is 353 g/mol. The van der Waals surface area contributed by atoms with Gasteiger partial charge >= 0.3 is 6.03 Å². The minimum absolute atomic E-state index is 0.0702. The second-order valence-corrected chi connectivity index (χ2v) is 6.79. The Morgan fingerprint density at radius 3 is 2.76 bits per heavy atom. The Kier molecular flexibility index (Phi) is 3.65. The number of carbonyl (C=O) groups is 2. The summed E-state index contributed by atoms with van der Waals surface area (Å²) in [4.78, 5) is 26.3. The minimum Gasteiger partial charge on any atom is -0.356 e. The predicted octanol–water partition coefficient (Wildman–Crippen LogP) is 3.37. The molecule has 4 rings (SSSR count). The van der Waals surface area contributed by atoms with Crippen LogP contribution < -0.4 is 5.32 Å². The van der Waals surface area contributed by atoms with Crippen LogP contribution in [0.1, 0.15) is 18.2 Å². The molecule has 3 amide bonds. The Bertz CT molecular complexity index is 920. The van der Waals surface area contributed by atoms with Gasteiger partial charge in [-0.25, -0.2) is 4.79 Å². The Morgan fingerprint density at radius 1 is 1.24 bits per heavy atom. The zero-order valence-corrected chi connectivity index (χ0v) is 14.2. The molecule has 2 aromatic heterocycles. The lowest BCUT2D eigenvalue weighted by Crippen LogP contribution is -2.40. The van der Waals surface area contributed by atoms with Crippen molar-refractivity contribution in [2.75, 3.05) is 0 Å². The van der Waals surface area contributed by atoms with E-state index in [-0.39, 0.29) is 12.5 Å². The molecule has 0 saturated carbocycles. The summed E-state index contributed by atoms with van der Waals surface area (Å²) in [6.45, 7) is 1.79. The number of hydrogen-bond acceptors (Lipinski definition) is 5. The van der Waals surface area contributed by atoms with Crippen LogP contribution in [0, 0.1) is 0 Å². The fourth-order valence-electron chi connectivity index (χ4n) is 2.87. The SMILES string of the molecule is CC1(c2ccsc2)NC(=O)N(Cc2cc(-c3ccccc3)on2)C1=O. The van der Waals surface area contributed by atoms with Crippen LogP contribution in [-0.4, -0.2) is 22.0 Å². The van der Waals surface area contributed by atoms with Crippen molar-refractivity contribution in [3.8, 4) is 11.3 Å². The topological polar surface area (TPSA) is 75.4 Å². The van der Waals surface area contributed by atoms with E-state index in [0.717, 1.165) is 11.1 Å². The van der Waals surface area contributed by atoms with E-state index in [0.29, 0.717) is 11.5 Å². The highest BCUT2D eigenvalue weighted by Gasteiger charge is 2.49. The molecular formula is C18H15N3O3S. The Balaban J connectivity index is 1.56. The van der Waals surface area contributed by atoms with Gasteiger partial charge in [-0.2, -0.15) is 11.3 Å². The zero-order valence-electron chi connectivity index (χ0n) is 13.4. The molecule has 25 heavy (non-hydrogen) atoms. The van der Waals surface area contributed by atoms with Gasteiger partial charge in [-0.3, -0.25) is 9.69 Å². The van der Waals surface area contributed by atoms with Gasteiger partial charge in [-0.1, -0.05) is 35.5 Å². The van der Waals surface area contributed by atoms with Crippen molar-refractivity contribution in [3.63, 3.8) is 0 Å². The molecule has 1 unspecified atom stereocenters. The maximum atomic E-state index is 12.8. The fourth-order valence-corrected chi connectivity index (χ4v) is 3.64. The summed E-state index contributed by atoms with van der Waals surface area (Å²) >= 11 is 1.49. The van der Waals surface area contributed by atoms with Crippen LogP contribution in [0.25, 0.3) is 11.3 Å². The number of rotatable bonds is 4. The number of urea groups is 1. The first-order chi connectivity index (χ1) is 12.1. The molecule has 3 aromatic rings. The molecule has 1 atom stereocenters. The number of nitrogens with zero attached hydrogens (tertiary/aromatic N) is 2. The van der Waals surface area contributed by atoms with E-state index < -0.39 is 11.6 Å². The summed E-state index contributed by atoms with van der Waals surface area (Å²) < 4.78 is 5.34. The Hall–Kier alpha value is -2.93.